The molecule has 1 aliphatic heterocycles. The number of rotatable bonds is 6. The first-order chi connectivity index (χ1) is 12.7. The number of ether oxygens (including phenoxy) is 2. The number of nitrogens with zero attached hydrogens (tertiary/aromatic N) is 1. The van der Waals surface area contributed by atoms with E-state index in [1.807, 2.05) is 49.4 Å². The maximum Gasteiger partial charge on any atom is 0.454 e. The van der Waals surface area contributed by atoms with Crippen molar-refractivity contribution in [1.29, 1.82) is 5.26 Å². The third-order valence-corrected chi connectivity index (χ3v) is 5.12. The fraction of sp³-hybridized carbons (Fsp3) is 0.450. The molecule has 1 aromatic rings. The molecular weight excluding hydrogens is 329 g/mol. The summed E-state index contributed by atoms with van der Waals surface area (Å²) in [6.07, 6.45) is 5.04. The van der Waals surface area contributed by atoms with E-state index in [4.69, 9.17) is 14.1 Å². The fourth-order valence-electron chi connectivity index (χ4n) is 3.94. The lowest BCUT2D eigenvalue weighted by molar-refractivity contribution is -0.101. The first kappa shape index (κ1) is 18.7. The van der Waals surface area contributed by atoms with Crippen LogP contribution in [0.15, 0.2) is 48.2 Å². The molecule has 136 valence electrons. The summed E-state index contributed by atoms with van der Waals surface area (Å²) in [5.74, 6) is -0.123. The standard InChI is InChI=1S/C20H24BNO4/c1-3-11-25-20(16-12-21(23)26-14-16)18(13-22)17(9-10-19(20)24-2)15-7-5-4-6-8-15/h4-10,16,18,23H,3,11-12,14H2,1-2H3. The van der Waals surface area contributed by atoms with Gasteiger partial charge in [-0.1, -0.05) is 43.3 Å². The largest absolute Gasteiger partial charge is 0.498 e. The first-order valence-electron chi connectivity index (χ1n) is 9.02. The zero-order valence-electron chi connectivity index (χ0n) is 15.2. The summed E-state index contributed by atoms with van der Waals surface area (Å²) < 4.78 is 17.4. The van der Waals surface area contributed by atoms with Crippen LogP contribution in [0.1, 0.15) is 18.9 Å². The molecule has 0 aromatic heterocycles. The third-order valence-electron chi connectivity index (χ3n) is 5.12. The Bertz CT molecular complexity index is 727. The van der Waals surface area contributed by atoms with Gasteiger partial charge in [0.1, 0.15) is 17.3 Å². The minimum Gasteiger partial charge on any atom is -0.498 e. The van der Waals surface area contributed by atoms with E-state index in [0.717, 1.165) is 17.6 Å². The fourth-order valence-corrected chi connectivity index (χ4v) is 3.94. The smallest absolute Gasteiger partial charge is 0.454 e. The van der Waals surface area contributed by atoms with Gasteiger partial charge in [0.25, 0.3) is 0 Å². The van der Waals surface area contributed by atoms with E-state index in [-0.39, 0.29) is 5.92 Å². The zero-order valence-corrected chi connectivity index (χ0v) is 15.2. The molecule has 5 nitrogen and oxygen atoms in total. The minimum absolute atomic E-state index is 0.174. The molecule has 3 atom stereocenters. The predicted molar refractivity (Wildman–Crippen MR) is 99.8 cm³/mol. The molecule has 2 aliphatic rings. The molecule has 26 heavy (non-hydrogen) atoms. The molecule has 3 rings (SSSR count). The second-order valence-corrected chi connectivity index (χ2v) is 6.65. The monoisotopic (exact) mass is 353 g/mol. The molecule has 1 fully saturated rings. The van der Waals surface area contributed by atoms with E-state index in [2.05, 4.69) is 6.07 Å². The Kier molecular flexibility index (Phi) is 5.82. The van der Waals surface area contributed by atoms with Crippen molar-refractivity contribution in [3.8, 4) is 6.07 Å². The lowest BCUT2D eigenvalue weighted by atomic mass is 9.64. The van der Waals surface area contributed by atoms with Gasteiger partial charge in [-0.05, 0) is 30.0 Å². The second kappa shape index (κ2) is 8.09. The number of methoxy groups -OCH3 is 1. The quantitative estimate of drug-likeness (QED) is 0.796. The van der Waals surface area contributed by atoms with Gasteiger partial charge in [0.15, 0.2) is 0 Å². The van der Waals surface area contributed by atoms with E-state index >= 15 is 0 Å². The molecule has 0 bridgehead atoms. The van der Waals surface area contributed by atoms with E-state index < -0.39 is 18.6 Å². The first-order valence-corrected chi connectivity index (χ1v) is 9.02. The molecule has 1 aliphatic carbocycles. The molecule has 0 saturated carbocycles. The predicted octanol–water partition coefficient (Wildman–Crippen LogP) is 3.05. The van der Waals surface area contributed by atoms with E-state index in [1.165, 1.54) is 0 Å². The maximum absolute atomic E-state index is 10.1. The highest BCUT2D eigenvalue weighted by Crippen LogP contribution is 2.49. The summed E-state index contributed by atoms with van der Waals surface area (Å²) in [7, 11) is 0.753. The van der Waals surface area contributed by atoms with Crippen molar-refractivity contribution in [3.05, 3.63) is 53.8 Å². The average molecular weight is 353 g/mol. The molecule has 0 radical (unpaired) electrons. The lowest BCUT2D eigenvalue weighted by Gasteiger charge is -2.45. The van der Waals surface area contributed by atoms with Gasteiger partial charge in [0.05, 0.1) is 13.2 Å². The summed E-state index contributed by atoms with van der Waals surface area (Å²) in [5, 5.41) is 20.1. The van der Waals surface area contributed by atoms with Gasteiger partial charge in [0, 0.05) is 19.1 Å². The number of benzene rings is 1. The van der Waals surface area contributed by atoms with Crippen LogP contribution >= 0.6 is 0 Å². The van der Waals surface area contributed by atoms with Gasteiger partial charge < -0.3 is 19.2 Å². The van der Waals surface area contributed by atoms with Gasteiger partial charge in [-0.3, -0.25) is 0 Å². The Balaban J connectivity index is 2.12. The van der Waals surface area contributed by atoms with Crippen molar-refractivity contribution >= 4 is 12.7 Å². The molecule has 0 spiro atoms. The van der Waals surface area contributed by atoms with Crippen LogP contribution in [-0.2, 0) is 14.1 Å². The normalized spacial score (nSPS) is 28.3. The summed E-state index contributed by atoms with van der Waals surface area (Å²) in [6.45, 7) is 2.85. The van der Waals surface area contributed by atoms with Crippen LogP contribution < -0.4 is 0 Å². The Hall–Kier alpha value is -2.07. The van der Waals surface area contributed by atoms with Crippen molar-refractivity contribution in [3.63, 3.8) is 0 Å². The SMILES string of the molecule is CCCOC1(C2COB(O)C2)C(OC)=CC=C(c2ccccc2)C1C#N. The minimum atomic E-state index is -0.975. The maximum atomic E-state index is 10.1. The molecule has 1 heterocycles. The Labute approximate surface area is 155 Å². The highest BCUT2D eigenvalue weighted by atomic mass is 16.6. The van der Waals surface area contributed by atoms with Crippen LogP contribution in [0.2, 0.25) is 6.32 Å². The highest BCUT2D eigenvalue weighted by molar-refractivity contribution is 6.43. The molecule has 3 unspecified atom stereocenters. The van der Waals surface area contributed by atoms with Gasteiger partial charge >= 0.3 is 7.12 Å². The van der Waals surface area contributed by atoms with Crippen molar-refractivity contribution < 1.29 is 19.2 Å². The number of allylic oxidation sites excluding steroid dienone is 2. The molecule has 1 aromatic carbocycles. The van der Waals surface area contributed by atoms with Crippen LogP contribution in [-0.4, -0.2) is 38.1 Å². The Morgan fingerprint density at radius 3 is 2.69 bits per heavy atom. The van der Waals surface area contributed by atoms with E-state index in [1.54, 1.807) is 7.11 Å². The zero-order chi connectivity index (χ0) is 18.6. The van der Waals surface area contributed by atoms with Gasteiger partial charge in [-0.25, -0.2) is 0 Å². The van der Waals surface area contributed by atoms with Crippen LogP contribution in [0.4, 0.5) is 0 Å². The van der Waals surface area contributed by atoms with E-state index in [0.29, 0.717) is 25.3 Å². The number of hydrogen-bond acceptors (Lipinski definition) is 5. The van der Waals surface area contributed by atoms with E-state index in [9.17, 15) is 10.3 Å². The van der Waals surface area contributed by atoms with Crippen LogP contribution in [0.3, 0.4) is 0 Å². The lowest BCUT2D eigenvalue weighted by Crippen LogP contribution is -2.51. The van der Waals surface area contributed by atoms with Gasteiger partial charge in [-0.15, -0.1) is 0 Å². The van der Waals surface area contributed by atoms with Crippen molar-refractivity contribution in [2.24, 2.45) is 11.8 Å². The van der Waals surface area contributed by atoms with Crippen LogP contribution in [0, 0.1) is 23.2 Å². The molecule has 1 N–H and O–H groups in total. The molecule has 0 amide bonds. The summed E-state index contributed by atoms with van der Waals surface area (Å²) in [5.41, 5.74) is 0.900. The molecular formula is C20H24BNO4. The topological polar surface area (TPSA) is 71.7 Å². The van der Waals surface area contributed by atoms with Crippen molar-refractivity contribution in [2.45, 2.75) is 25.3 Å². The summed E-state index contributed by atoms with van der Waals surface area (Å²) >= 11 is 0. The molecule has 6 heteroatoms. The Morgan fingerprint density at radius 1 is 1.35 bits per heavy atom. The summed E-state index contributed by atoms with van der Waals surface area (Å²) in [4.78, 5) is 0. The van der Waals surface area contributed by atoms with Gasteiger partial charge in [-0.2, -0.15) is 5.26 Å². The second-order valence-electron chi connectivity index (χ2n) is 6.65. The third kappa shape index (κ3) is 3.19. The Morgan fingerprint density at radius 2 is 2.12 bits per heavy atom. The van der Waals surface area contributed by atoms with Crippen molar-refractivity contribution in [1.82, 2.24) is 0 Å². The molecule has 1 saturated heterocycles. The highest BCUT2D eigenvalue weighted by Gasteiger charge is 2.56. The van der Waals surface area contributed by atoms with Crippen LogP contribution in [0.5, 0.6) is 0 Å². The average Bonchev–Trinajstić information content (AvgIpc) is 3.12. The number of nitriles is 1. The number of hydrogen-bond donors (Lipinski definition) is 1. The summed E-state index contributed by atoms with van der Waals surface area (Å²) in [6, 6.07) is 12.3. The van der Waals surface area contributed by atoms with Crippen molar-refractivity contribution in [2.75, 3.05) is 20.3 Å². The van der Waals surface area contributed by atoms with Crippen LogP contribution in [0.25, 0.3) is 5.57 Å². The van der Waals surface area contributed by atoms with Gasteiger partial charge in [0.2, 0.25) is 0 Å².